The zero-order valence-corrected chi connectivity index (χ0v) is 14.4. The molecule has 0 aliphatic carbocycles. The van der Waals surface area contributed by atoms with Crippen LogP contribution in [0.1, 0.15) is 18.4 Å². The zero-order valence-electron chi connectivity index (χ0n) is 14.4. The number of ether oxygens (including phenoxy) is 1. The molecule has 0 bridgehead atoms. The van der Waals surface area contributed by atoms with E-state index in [4.69, 9.17) is 16.2 Å². The molecule has 4 N–H and O–H groups in total. The highest BCUT2D eigenvalue weighted by atomic mass is 16.5. The van der Waals surface area contributed by atoms with Gasteiger partial charge in [0.15, 0.2) is 0 Å². The van der Waals surface area contributed by atoms with Crippen molar-refractivity contribution in [3.05, 3.63) is 54.1 Å². The maximum absolute atomic E-state index is 6.14. The van der Waals surface area contributed by atoms with Gasteiger partial charge in [0.05, 0.1) is 17.5 Å². The molecule has 26 heavy (non-hydrogen) atoms. The van der Waals surface area contributed by atoms with Crippen LogP contribution in [0.4, 0.5) is 11.8 Å². The molecule has 4 aromatic rings. The third kappa shape index (κ3) is 2.03. The monoisotopic (exact) mass is 342 g/mol. The summed E-state index contributed by atoms with van der Waals surface area (Å²) in [7, 11) is 0. The first kappa shape index (κ1) is 15.0. The second kappa shape index (κ2) is 5.33. The lowest BCUT2D eigenvalue weighted by atomic mass is 9.88. The van der Waals surface area contributed by atoms with Crippen molar-refractivity contribution < 1.29 is 4.74 Å². The highest BCUT2D eigenvalue weighted by molar-refractivity contribution is 6.04. The average molecular weight is 342 g/mol. The predicted molar refractivity (Wildman–Crippen MR) is 105 cm³/mol. The van der Waals surface area contributed by atoms with Crippen molar-refractivity contribution >= 4 is 33.4 Å². The summed E-state index contributed by atoms with van der Waals surface area (Å²) in [5.74, 6) is 1.59. The smallest absolute Gasteiger partial charge is 0.222 e. The Bertz CT molecular complexity index is 1180. The van der Waals surface area contributed by atoms with Gasteiger partial charge in [0.25, 0.3) is 0 Å². The van der Waals surface area contributed by atoms with E-state index in [9.17, 15) is 0 Å². The number of nitrogens with zero attached hydrogens (tertiary/aromatic N) is 2. The lowest BCUT2D eigenvalue weighted by Gasteiger charge is -2.15. The van der Waals surface area contributed by atoms with Gasteiger partial charge in [-0.3, -0.25) is 0 Å². The summed E-state index contributed by atoms with van der Waals surface area (Å²) < 4.78 is 6.02. The van der Waals surface area contributed by atoms with Gasteiger partial charge >= 0.3 is 0 Å². The van der Waals surface area contributed by atoms with Gasteiger partial charge in [-0.05, 0) is 28.0 Å². The number of hydrogen-bond acceptors (Lipinski definition) is 5. The number of fused-ring (bicyclic) bond motifs is 4. The Morgan fingerprint density at radius 3 is 2.69 bits per heavy atom. The van der Waals surface area contributed by atoms with Crippen molar-refractivity contribution in [2.75, 3.05) is 18.1 Å². The van der Waals surface area contributed by atoms with Crippen LogP contribution in [-0.2, 0) is 0 Å². The Morgan fingerprint density at radius 2 is 1.81 bits per heavy atom. The van der Waals surface area contributed by atoms with Gasteiger partial charge in [-0.1, -0.05) is 49.4 Å². The van der Waals surface area contributed by atoms with E-state index in [1.807, 2.05) is 0 Å². The Morgan fingerprint density at radius 1 is 1.00 bits per heavy atom. The van der Waals surface area contributed by atoms with Crippen LogP contribution in [0, 0.1) is 0 Å². The Kier molecular flexibility index (Phi) is 3.06. The summed E-state index contributed by atoms with van der Waals surface area (Å²) in [5, 5.41) is 3.15. The number of aromatic nitrogens is 2. The third-order valence-corrected chi connectivity index (χ3v) is 5.08. The molecule has 1 aliphatic rings. The van der Waals surface area contributed by atoms with Crippen molar-refractivity contribution in [3.63, 3.8) is 0 Å². The Labute approximate surface area is 150 Å². The summed E-state index contributed by atoms with van der Waals surface area (Å²) in [4.78, 5) is 8.53. The standard InChI is InChI=1S/C21H18N4O/c1-11-10-26-19-17(11)15(9-16-18(19)20(22)25-21(23)24-16)14-8-4-6-12-5-2-3-7-13(12)14/h2-9,11H,10H2,1H3,(H4,22,23,24,25). The van der Waals surface area contributed by atoms with Gasteiger partial charge in [0.1, 0.15) is 11.6 Å². The summed E-state index contributed by atoms with van der Waals surface area (Å²) in [5.41, 5.74) is 16.1. The number of nitrogens with two attached hydrogens (primary N) is 2. The van der Waals surface area contributed by atoms with E-state index >= 15 is 0 Å². The fourth-order valence-corrected chi connectivity index (χ4v) is 3.94. The molecule has 128 valence electrons. The molecule has 0 amide bonds. The first-order valence-electron chi connectivity index (χ1n) is 8.64. The first-order valence-corrected chi connectivity index (χ1v) is 8.64. The number of benzene rings is 3. The summed E-state index contributed by atoms with van der Waals surface area (Å²) >= 11 is 0. The van der Waals surface area contributed by atoms with Crippen LogP contribution in [0.2, 0.25) is 0 Å². The fourth-order valence-electron chi connectivity index (χ4n) is 3.94. The number of anilines is 2. The molecule has 1 atom stereocenters. The fraction of sp³-hybridized carbons (Fsp3) is 0.143. The van der Waals surface area contributed by atoms with E-state index in [2.05, 4.69) is 65.4 Å². The molecule has 0 spiro atoms. The molecule has 3 aromatic carbocycles. The molecule has 1 aromatic heterocycles. The van der Waals surface area contributed by atoms with Crippen molar-refractivity contribution in [2.24, 2.45) is 0 Å². The highest BCUT2D eigenvalue weighted by Crippen LogP contribution is 2.47. The minimum absolute atomic E-state index is 0.171. The van der Waals surface area contributed by atoms with Crippen LogP contribution in [-0.4, -0.2) is 16.6 Å². The molecule has 0 radical (unpaired) electrons. The van der Waals surface area contributed by atoms with Crippen LogP contribution in [0.15, 0.2) is 48.5 Å². The van der Waals surface area contributed by atoms with Crippen LogP contribution >= 0.6 is 0 Å². The van der Waals surface area contributed by atoms with E-state index in [-0.39, 0.29) is 11.9 Å². The minimum Gasteiger partial charge on any atom is -0.492 e. The Balaban J connectivity index is 1.93. The molecule has 1 unspecified atom stereocenters. The van der Waals surface area contributed by atoms with Crippen molar-refractivity contribution in [2.45, 2.75) is 12.8 Å². The normalized spacial score (nSPS) is 16.0. The van der Waals surface area contributed by atoms with Crippen molar-refractivity contribution in [3.8, 4) is 16.9 Å². The van der Waals surface area contributed by atoms with Crippen molar-refractivity contribution in [1.29, 1.82) is 0 Å². The second-order valence-electron chi connectivity index (χ2n) is 6.77. The van der Waals surface area contributed by atoms with Gasteiger partial charge in [0, 0.05) is 11.5 Å². The molecule has 5 rings (SSSR count). The maximum atomic E-state index is 6.14. The van der Waals surface area contributed by atoms with E-state index < -0.39 is 0 Å². The van der Waals surface area contributed by atoms with Gasteiger partial charge in [-0.15, -0.1) is 0 Å². The lowest BCUT2D eigenvalue weighted by molar-refractivity contribution is 0.340. The molecule has 2 heterocycles. The van der Waals surface area contributed by atoms with Crippen LogP contribution in [0.3, 0.4) is 0 Å². The molecule has 1 aliphatic heterocycles. The summed E-state index contributed by atoms with van der Waals surface area (Å²) in [6.07, 6.45) is 0. The number of nitrogen functional groups attached to an aromatic ring is 2. The average Bonchev–Trinajstić information content (AvgIpc) is 3.02. The van der Waals surface area contributed by atoms with Gasteiger partial charge < -0.3 is 16.2 Å². The first-order chi connectivity index (χ1) is 12.6. The summed E-state index contributed by atoms with van der Waals surface area (Å²) in [6, 6.07) is 16.8. The van der Waals surface area contributed by atoms with Crippen LogP contribution in [0.5, 0.6) is 5.75 Å². The number of hydrogen-bond donors (Lipinski definition) is 2. The molecule has 5 heteroatoms. The zero-order chi connectivity index (χ0) is 17.8. The van der Waals surface area contributed by atoms with Gasteiger partial charge in [0.2, 0.25) is 5.95 Å². The molecular weight excluding hydrogens is 324 g/mol. The second-order valence-corrected chi connectivity index (χ2v) is 6.77. The van der Waals surface area contributed by atoms with E-state index in [1.165, 1.54) is 10.8 Å². The largest absolute Gasteiger partial charge is 0.492 e. The molecule has 0 saturated carbocycles. The van der Waals surface area contributed by atoms with Crippen molar-refractivity contribution in [1.82, 2.24) is 9.97 Å². The van der Waals surface area contributed by atoms with E-state index in [1.54, 1.807) is 0 Å². The van der Waals surface area contributed by atoms with Gasteiger partial charge in [-0.25, -0.2) is 4.98 Å². The van der Waals surface area contributed by atoms with E-state index in [0.717, 1.165) is 27.8 Å². The molecule has 5 nitrogen and oxygen atoms in total. The van der Waals surface area contributed by atoms with Crippen LogP contribution in [0.25, 0.3) is 32.8 Å². The Hall–Kier alpha value is -3.34. The SMILES string of the molecule is CC1COc2c1c(-c1cccc3ccccc13)cc1nc(N)nc(N)c21. The topological polar surface area (TPSA) is 87.0 Å². The van der Waals surface area contributed by atoms with Gasteiger partial charge in [-0.2, -0.15) is 4.98 Å². The third-order valence-electron chi connectivity index (χ3n) is 5.08. The summed E-state index contributed by atoms with van der Waals surface area (Å²) in [6.45, 7) is 2.79. The predicted octanol–water partition coefficient (Wildman–Crippen LogP) is 4.11. The quantitative estimate of drug-likeness (QED) is 0.543. The van der Waals surface area contributed by atoms with E-state index in [0.29, 0.717) is 17.9 Å². The highest BCUT2D eigenvalue weighted by Gasteiger charge is 2.29. The van der Waals surface area contributed by atoms with Crippen LogP contribution < -0.4 is 16.2 Å². The molecule has 0 saturated heterocycles. The lowest BCUT2D eigenvalue weighted by Crippen LogP contribution is -2.02. The number of rotatable bonds is 1. The minimum atomic E-state index is 0.171. The molecular formula is C21H18N4O. The molecule has 0 fully saturated rings. The maximum Gasteiger partial charge on any atom is 0.222 e.